The highest BCUT2D eigenvalue weighted by molar-refractivity contribution is 8.20. The maximum atomic E-state index is 12.0. The highest BCUT2D eigenvalue weighted by Gasteiger charge is 2.35. The van der Waals surface area contributed by atoms with Crippen LogP contribution in [0.15, 0.2) is 157 Å². The molecule has 0 N–H and O–H groups in total. The molecule has 2 aliphatic heterocycles. The Kier molecular flexibility index (Phi) is 9.69. The minimum absolute atomic E-state index is 0.446. The van der Waals surface area contributed by atoms with Gasteiger partial charge in [-0.25, -0.2) is 0 Å². The lowest BCUT2D eigenvalue weighted by Crippen LogP contribution is -2.60. The van der Waals surface area contributed by atoms with Gasteiger partial charge in [0.05, 0.1) is 40.0 Å². The quantitative estimate of drug-likeness (QED) is 0.239. The van der Waals surface area contributed by atoms with E-state index in [-0.39, 0.29) is 0 Å². The van der Waals surface area contributed by atoms with Crippen LogP contribution in [0, 0.1) is 20.5 Å². The van der Waals surface area contributed by atoms with Crippen LogP contribution in [0.25, 0.3) is 9.81 Å². The van der Waals surface area contributed by atoms with Crippen molar-refractivity contribution in [3.63, 3.8) is 0 Å². The van der Waals surface area contributed by atoms with Gasteiger partial charge in [-0.15, -0.1) is 0 Å². The Balaban J connectivity index is 1.65. The minimum Gasteiger partial charge on any atom is -0.182 e. The van der Waals surface area contributed by atoms with E-state index in [1.54, 1.807) is 121 Å². The second kappa shape index (κ2) is 13.7. The van der Waals surface area contributed by atoms with Crippen molar-refractivity contribution in [2.45, 2.75) is 0 Å². The summed E-state index contributed by atoms with van der Waals surface area (Å²) in [5.41, 5.74) is 3.80. The largest absolute Gasteiger partial charge is 0.182 e. The van der Waals surface area contributed by atoms with E-state index in [4.69, 9.17) is 7.47 Å². The van der Waals surface area contributed by atoms with E-state index >= 15 is 0 Å². The zero-order valence-electron chi connectivity index (χ0n) is 23.7. The van der Waals surface area contributed by atoms with E-state index in [2.05, 4.69) is 0 Å². The second-order valence-electron chi connectivity index (χ2n) is 9.83. The summed E-state index contributed by atoms with van der Waals surface area (Å²) < 4.78 is 82.5. The average molecular weight is 696 g/mol. The summed E-state index contributed by atoms with van der Waals surface area (Å²) in [5.74, 6) is 0. The Labute approximate surface area is 274 Å². The van der Waals surface area contributed by atoms with Crippen molar-refractivity contribution < 1.29 is 55.9 Å². The molecule has 8 nitrogen and oxygen atoms in total. The Bertz CT molecular complexity index is 1780. The molecular formula is C34H24Cl2O8S2. The first kappa shape index (κ1) is 32.5. The van der Waals surface area contributed by atoms with Crippen LogP contribution in [0.4, 0.5) is 0 Å². The SMILES string of the molecule is [O-][Cl+3]([O-])([O-])OS1=C(c2ccccc2)C=C(C2=CC(c3ccccc3)=S(O[Cl+3]([O-])([O-])[O-])C(c3ccccc3)=C2)C=C1c1ccccc1. The fraction of sp³-hybridized carbons (Fsp3) is 0. The van der Waals surface area contributed by atoms with Crippen molar-refractivity contribution in [2.75, 3.05) is 0 Å². The molecule has 0 bridgehead atoms. The number of hydrogen-bond donors (Lipinski definition) is 0. The summed E-state index contributed by atoms with van der Waals surface area (Å²) in [6.45, 7) is 0. The van der Waals surface area contributed by atoms with Crippen LogP contribution in [0.5, 0.6) is 0 Å². The summed E-state index contributed by atoms with van der Waals surface area (Å²) in [7, 11) is -12.9. The van der Waals surface area contributed by atoms with Gasteiger partial charge in [-0.2, -0.15) is 28.0 Å². The lowest BCUT2D eigenvalue weighted by atomic mass is 9.97. The fourth-order valence-electron chi connectivity index (χ4n) is 4.89. The van der Waals surface area contributed by atoms with Crippen molar-refractivity contribution in [2.24, 2.45) is 0 Å². The van der Waals surface area contributed by atoms with E-state index in [1.165, 1.54) is 0 Å². The molecule has 6 rings (SSSR count). The van der Waals surface area contributed by atoms with Gasteiger partial charge < -0.3 is 0 Å². The molecule has 46 heavy (non-hydrogen) atoms. The molecule has 0 radical (unpaired) electrons. The monoisotopic (exact) mass is 694 g/mol. The smallest absolute Gasteiger partial charge is 0.148 e. The van der Waals surface area contributed by atoms with Gasteiger partial charge in [-0.05, 0) is 57.7 Å². The van der Waals surface area contributed by atoms with Crippen LogP contribution in [-0.4, -0.2) is 9.73 Å². The normalized spacial score (nSPS) is 18.8. The van der Waals surface area contributed by atoms with Gasteiger partial charge in [0, 0.05) is 0 Å². The molecule has 2 heterocycles. The number of rotatable bonds is 9. The maximum Gasteiger partial charge on any atom is 0.148 e. The van der Waals surface area contributed by atoms with E-state index in [9.17, 15) is 28.0 Å². The molecule has 0 saturated carbocycles. The van der Waals surface area contributed by atoms with E-state index in [0.29, 0.717) is 52.9 Å². The van der Waals surface area contributed by atoms with E-state index in [1.807, 2.05) is 24.3 Å². The predicted molar refractivity (Wildman–Crippen MR) is 163 cm³/mol. The zero-order chi connectivity index (χ0) is 32.3. The summed E-state index contributed by atoms with van der Waals surface area (Å²) in [5, 5.41) is 0. The molecule has 2 aliphatic rings. The Morgan fingerprint density at radius 1 is 0.370 bits per heavy atom. The van der Waals surface area contributed by atoms with Crippen LogP contribution in [0.1, 0.15) is 22.3 Å². The third kappa shape index (κ3) is 7.73. The molecule has 4 aromatic rings. The standard InChI is InChI=1S/C34H24Cl2O8S2/c37-35(38,39)43-45-31(25-13-5-1-6-14-25)21-29(22-32(45)26-15-7-2-8-16-26)30-23-33(27-17-9-3-10-18-27)46(44-36(40,41)42)34(24-30)28-19-11-4-12-20-28/h1-24H. The highest BCUT2D eigenvalue weighted by atomic mass is 35.7. The van der Waals surface area contributed by atoms with Crippen LogP contribution >= 0.6 is 21.5 Å². The number of halogens is 2. The van der Waals surface area contributed by atoms with Crippen LogP contribution in [-0.2, 0) is 7.47 Å². The molecule has 12 heteroatoms. The zero-order valence-corrected chi connectivity index (χ0v) is 26.8. The van der Waals surface area contributed by atoms with Crippen molar-refractivity contribution in [1.82, 2.24) is 0 Å². The van der Waals surface area contributed by atoms with Gasteiger partial charge in [0.15, 0.2) is 0 Å². The van der Waals surface area contributed by atoms with Crippen LogP contribution in [0.3, 0.4) is 0 Å². The number of allylic oxidation sites excluding steroid dienone is 6. The lowest BCUT2D eigenvalue weighted by Gasteiger charge is -2.24. The third-order valence-electron chi connectivity index (χ3n) is 6.79. The van der Waals surface area contributed by atoms with Gasteiger partial charge >= 0.3 is 0 Å². The van der Waals surface area contributed by atoms with Crippen molar-refractivity contribution >= 4 is 41.1 Å². The first-order valence-corrected chi connectivity index (χ1v) is 18.4. The molecular weight excluding hydrogens is 671 g/mol. The predicted octanol–water partition coefficient (Wildman–Crippen LogP) is 1.59. The molecule has 0 aromatic heterocycles. The molecule has 234 valence electrons. The number of benzene rings is 4. The van der Waals surface area contributed by atoms with Gasteiger partial charge in [-0.1, -0.05) is 121 Å². The Hall–Kier alpha value is -3.46. The fourth-order valence-corrected chi connectivity index (χ4v) is 10.0. The average Bonchev–Trinajstić information content (AvgIpc) is 3.05. The Morgan fingerprint density at radius 2 is 0.652 bits per heavy atom. The van der Waals surface area contributed by atoms with Crippen molar-refractivity contribution in [3.8, 4) is 0 Å². The summed E-state index contributed by atoms with van der Waals surface area (Å²) in [6.07, 6.45) is 7.02. The van der Waals surface area contributed by atoms with E-state index < -0.39 is 42.0 Å². The summed E-state index contributed by atoms with van der Waals surface area (Å²) >= 11 is 0. The third-order valence-corrected chi connectivity index (χ3v) is 12.0. The van der Waals surface area contributed by atoms with Crippen molar-refractivity contribution in [3.05, 3.63) is 179 Å². The number of hydrogen-bond acceptors (Lipinski definition) is 8. The molecule has 0 fully saturated rings. The van der Waals surface area contributed by atoms with Gasteiger partial charge in [-0.3, -0.25) is 0 Å². The highest BCUT2D eigenvalue weighted by Crippen LogP contribution is 2.48. The van der Waals surface area contributed by atoms with Crippen LogP contribution in [0.2, 0.25) is 0 Å². The first-order chi connectivity index (χ1) is 22.1. The van der Waals surface area contributed by atoms with E-state index in [0.717, 1.165) is 0 Å². The molecule has 0 amide bonds. The molecule has 0 aliphatic carbocycles. The molecule has 2 unspecified atom stereocenters. The maximum absolute atomic E-state index is 12.0. The molecule has 0 spiro atoms. The molecule has 2 atom stereocenters. The van der Waals surface area contributed by atoms with Crippen LogP contribution < -0.4 is 28.0 Å². The summed E-state index contributed by atoms with van der Waals surface area (Å²) in [4.78, 5) is 1.79. The minimum atomic E-state index is -4.81. The van der Waals surface area contributed by atoms with Gasteiger partial charge in [0.1, 0.15) is 29.0 Å². The van der Waals surface area contributed by atoms with Crippen molar-refractivity contribution in [1.29, 1.82) is 0 Å². The van der Waals surface area contributed by atoms with Gasteiger partial charge in [0.25, 0.3) is 0 Å². The molecule has 4 aromatic carbocycles. The van der Waals surface area contributed by atoms with Gasteiger partial charge in [0.2, 0.25) is 0 Å². The summed E-state index contributed by atoms with van der Waals surface area (Å²) in [6, 6.07) is 35.9. The molecule has 0 saturated heterocycles. The topological polar surface area (TPSA) is 157 Å². The second-order valence-corrected chi connectivity index (χ2v) is 15.2. The first-order valence-electron chi connectivity index (χ1n) is 13.6. The lowest BCUT2D eigenvalue weighted by molar-refractivity contribution is -1.91. The Morgan fingerprint density at radius 3 is 0.935 bits per heavy atom.